The minimum absolute atomic E-state index is 0.0233. The second-order valence-electron chi connectivity index (χ2n) is 9.68. The van der Waals surface area contributed by atoms with Gasteiger partial charge in [0, 0.05) is 30.1 Å². The molecule has 1 aromatic carbocycles. The Bertz CT molecular complexity index is 1010. The molecular weight excluding hydrogens is 454 g/mol. The van der Waals surface area contributed by atoms with E-state index in [1.54, 1.807) is 9.58 Å². The number of likely N-dealkylation sites (tertiary alicyclic amines) is 1. The summed E-state index contributed by atoms with van der Waals surface area (Å²) in [4.78, 5) is 27.8. The van der Waals surface area contributed by atoms with E-state index in [1.165, 1.54) is 25.7 Å². The number of aromatic nitrogens is 3. The molecular formula is C25H32ClN5O3. The van der Waals surface area contributed by atoms with Crippen LogP contribution in [0, 0.1) is 5.92 Å². The van der Waals surface area contributed by atoms with E-state index in [0.717, 1.165) is 18.4 Å². The molecule has 0 unspecified atom stereocenters. The summed E-state index contributed by atoms with van der Waals surface area (Å²) in [5, 5.41) is 12.4. The third kappa shape index (κ3) is 5.13. The summed E-state index contributed by atoms with van der Waals surface area (Å²) in [6.45, 7) is 1.90. The van der Waals surface area contributed by atoms with Crippen LogP contribution in [0.2, 0.25) is 5.02 Å². The van der Waals surface area contributed by atoms with Gasteiger partial charge in [0.05, 0.1) is 18.8 Å². The molecule has 1 saturated heterocycles. The zero-order valence-electron chi connectivity index (χ0n) is 19.4. The molecule has 1 aliphatic carbocycles. The predicted molar refractivity (Wildman–Crippen MR) is 127 cm³/mol. The SMILES string of the molecule is O=C(NC1CCCCCC1)C1CCN(C(=O)c2nnn3c2CO[C@H](c2ccc(Cl)cc2)C3)CC1. The Morgan fingerprint density at radius 3 is 2.41 bits per heavy atom. The van der Waals surface area contributed by atoms with Crippen LogP contribution in [-0.2, 0) is 22.7 Å². The molecule has 0 radical (unpaired) electrons. The summed E-state index contributed by atoms with van der Waals surface area (Å²) in [6.07, 6.45) is 8.32. The highest BCUT2D eigenvalue weighted by atomic mass is 35.5. The second kappa shape index (κ2) is 10.4. The van der Waals surface area contributed by atoms with Gasteiger partial charge in [-0.3, -0.25) is 9.59 Å². The zero-order chi connectivity index (χ0) is 23.5. The molecule has 0 bridgehead atoms. The van der Waals surface area contributed by atoms with Crippen molar-refractivity contribution in [3.63, 3.8) is 0 Å². The van der Waals surface area contributed by atoms with Crippen LogP contribution in [0.5, 0.6) is 0 Å². The summed E-state index contributed by atoms with van der Waals surface area (Å²) >= 11 is 5.99. The van der Waals surface area contributed by atoms with E-state index in [1.807, 2.05) is 24.3 Å². The average molecular weight is 486 g/mol. The van der Waals surface area contributed by atoms with E-state index in [9.17, 15) is 9.59 Å². The van der Waals surface area contributed by atoms with Gasteiger partial charge < -0.3 is 15.0 Å². The number of fused-ring (bicyclic) bond motifs is 1. The Morgan fingerprint density at radius 2 is 1.71 bits per heavy atom. The molecule has 2 aliphatic heterocycles. The number of hydrogen-bond acceptors (Lipinski definition) is 5. The van der Waals surface area contributed by atoms with Crippen LogP contribution in [0.1, 0.15) is 79.2 Å². The first-order valence-corrected chi connectivity index (χ1v) is 12.9. The average Bonchev–Trinajstić information content (AvgIpc) is 3.12. The van der Waals surface area contributed by atoms with Crippen LogP contribution >= 0.6 is 11.6 Å². The molecule has 2 fully saturated rings. The number of nitrogens with one attached hydrogen (secondary N) is 1. The van der Waals surface area contributed by atoms with Gasteiger partial charge in [-0.1, -0.05) is 54.6 Å². The monoisotopic (exact) mass is 485 g/mol. The maximum atomic E-state index is 13.2. The number of nitrogens with zero attached hydrogens (tertiary/aromatic N) is 4. The van der Waals surface area contributed by atoms with Crippen LogP contribution in [0.15, 0.2) is 24.3 Å². The van der Waals surface area contributed by atoms with Gasteiger partial charge in [-0.15, -0.1) is 5.10 Å². The molecule has 0 spiro atoms. The fourth-order valence-corrected chi connectivity index (χ4v) is 5.42. The van der Waals surface area contributed by atoms with Gasteiger partial charge in [0.2, 0.25) is 5.91 Å². The lowest BCUT2D eigenvalue weighted by Crippen LogP contribution is -2.45. The lowest BCUT2D eigenvalue weighted by Gasteiger charge is -2.32. The van der Waals surface area contributed by atoms with Crippen molar-refractivity contribution in [3.05, 3.63) is 46.2 Å². The van der Waals surface area contributed by atoms with E-state index in [4.69, 9.17) is 16.3 Å². The van der Waals surface area contributed by atoms with Gasteiger partial charge in [-0.2, -0.15) is 0 Å². The first-order chi connectivity index (χ1) is 16.6. The Morgan fingerprint density at radius 1 is 1.00 bits per heavy atom. The first kappa shape index (κ1) is 23.3. The number of carbonyl (C=O) groups is 2. The summed E-state index contributed by atoms with van der Waals surface area (Å²) in [6, 6.07) is 7.88. The molecule has 8 nitrogen and oxygen atoms in total. The predicted octanol–water partition coefficient (Wildman–Crippen LogP) is 3.89. The molecule has 34 heavy (non-hydrogen) atoms. The maximum Gasteiger partial charge on any atom is 0.276 e. The Labute approximate surface area is 205 Å². The first-order valence-electron chi connectivity index (χ1n) is 12.5. The van der Waals surface area contributed by atoms with Gasteiger partial charge in [-0.05, 0) is 43.4 Å². The van der Waals surface area contributed by atoms with E-state index in [-0.39, 0.29) is 30.4 Å². The molecule has 3 aliphatic rings. The molecule has 1 saturated carbocycles. The van der Waals surface area contributed by atoms with E-state index >= 15 is 0 Å². The number of carbonyl (C=O) groups excluding carboxylic acids is 2. The highest BCUT2D eigenvalue weighted by Crippen LogP contribution is 2.29. The number of benzene rings is 1. The number of amides is 2. The summed E-state index contributed by atoms with van der Waals surface area (Å²) in [7, 11) is 0. The topological polar surface area (TPSA) is 89.4 Å². The maximum absolute atomic E-state index is 13.2. The van der Waals surface area contributed by atoms with Gasteiger partial charge in [-0.25, -0.2) is 4.68 Å². The highest BCUT2D eigenvalue weighted by Gasteiger charge is 2.33. The Hall–Kier alpha value is -2.45. The van der Waals surface area contributed by atoms with Gasteiger partial charge >= 0.3 is 0 Å². The number of halogens is 1. The quantitative estimate of drug-likeness (QED) is 0.663. The van der Waals surface area contributed by atoms with E-state index in [2.05, 4.69) is 15.6 Å². The molecule has 9 heteroatoms. The molecule has 182 valence electrons. The van der Waals surface area contributed by atoms with Crippen LogP contribution in [0.25, 0.3) is 0 Å². The van der Waals surface area contributed by atoms with Crippen molar-refractivity contribution < 1.29 is 14.3 Å². The molecule has 1 aromatic heterocycles. The van der Waals surface area contributed by atoms with Crippen LogP contribution in [0.3, 0.4) is 0 Å². The van der Waals surface area contributed by atoms with E-state index < -0.39 is 0 Å². The lowest BCUT2D eigenvalue weighted by molar-refractivity contribution is -0.127. The molecule has 1 atom stereocenters. The molecule has 5 rings (SSSR count). The minimum atomic E-state index is -0.155. The van der Waals surface area contributed by atoms with Gasteiger partial charge in [0.1, 0.15) is 6.10 Å². The standard InChI is InChI=1S/C25H32ClN5O3/c26-19-9-7-17(8-10-19)22-15-31-21(16-34-22)23(28-29-31)25(33)30-13-11-18(12-14-30)24(32)27-20-5-3-1-2-4-6-20/h7-10,18,20,22H,1-6,11-16H2,(H,27,32)/t22-/m0/s1. The van der Waals surface area contributed by atoms with Crippen molar-refractivity contribution in [1.82, 2.24) is 25.2 Å². The smallest absolute Gasteiger partial charge is 0.276 e. The second-order valence-corrected chi connectivity index (χ2v) is 10.1. The molecule has 2 amide bonds. The largest absolute Gasteiger partial charge is 0.365 e. The van der Waals surface area contributed by atoms with Crippen LogP contribution in [0.4, 0.5) is 0 Å². The van der Waals surface area contributed by atoms with Crippen molar-refractivity contribution in [3.8, 4) is 0 Å². The van der Waals surface area contributed by atoms with E-state index in [0.29, 0.717) is 54.9 Å². The number of hydrogen-bond donors (Lipinski definition) is 1. The Kier molecular flexibility index (Phi) is 7.15. The normalized spacial score (nSPS) is 22.1. The molecule has 3 heterocycles. The Balaban J connectivity index is 1.16. The minimum Gasteiger partial charge on any atom is -0.365 e. The van der Waals surface area contributed by atoms with Crippen molar-refractivity contribution in [2.24, 2.45) is 5.92 Å². The summed E-state index contributed by atoms with van der Waals surface area (Å²) in [5.41, 5.74) is 2.09. The van der Waals surface area contributed by atoms with Crippen molar-refractivity contribution in [2.75, 3.05) is 13.1 Å². The van der Waals surface area contributed by atoms with Crippen molar-refractivity contribution in [2.45, 2.75) is 76.7 Å². The van der Waals surface area contributed by atoms with Crippen LogP contribution < -0.4 is 5.32 Å². The fourth-order valence-electron chi connectivity index (χ4n) is 5.29. The van der Waals surface area contributed by atoms with Crippen molar-refractivity contribution in [1.29, 1.82) is 0 Å². The third-order valence-electron chi connectivity index (χ3n) is 7.40. The lowest BCUT2D eigenvalue weighted by atomic mass is 9.94. The fraction of sp³-hybridized carbons (Fsp3) is 0.600. The summed E-state index contributed by atoms with van der Waals surface area (Å²) in [5.74, 6) is 0.00361. The number of piperidine rings is 1. The number of ether oxygens (including phenoxy) is 1. The summed E-state index contributed by atoms with van der Waals surface area (Å²) < 4.78 is 7.80. The molecule has 2 aromatic rings. The number of rotatable bonds is 4. The van der Waals surface area contributed by atoms with Gasteiger partial charge in [0.25, 0.3) is 5.91 Å². The highest BCUT2D eigenvalue weighted by molar-refractivity contribution is 6.30. The molecule has 1 N–H and O–H groups in total. The van der Waals surface area contributed by atoms with Crippen molar-refractivity contribution >= 4 is 23.4 Å². The zero-order valence-corrected chi connectivity index (χ0v) is 20.2. The van der Waals surface area contributed by atoms with Gasteiger partial charge in [0.15, 0.2) is 5.69 Å². The third-order valence-corrected chi connectivity index (χ3v) is 7.65. The van der Waals surface area contributed by atoms with Crippen LogP contribution in [-0.4, -0.2) is 50.8 Å².